The van der Waals surface area contributed by atoms with Gasteiger partial charge in [-0.05, 0) is 0 Å². The summed E-state index contributed by atoms with van der Waals surface area (Å²) >= 11 is 0. The van der Waals surface area contributed by atoms with E-state index in [9.17, 15) is 8.42 Å². The molecule has 114 valence electrons. The Morgan fingerprint density at radius 3 is 2.52 bits per heavy atom. The fourth-order valence-corrected chi connectivity index (χ4v) is 2.50. The fourth-order valence-electron chi connectivity index (χ4n) is 1.88. The van der Waals surface area contributed by atoms with Crippen molar-refractivity contribution in [1.82, 2.24) is 14.0 Å². The molecule has 0 fully saturated rings. The first-order valence-corrected chi connectivity index (χ1v) is 8.03. The predicted octanol–water partition coefficient (Wildman–Crippen LogP) is 1.59. The monoisotopic (exact) mass is 309 g/mol. The molecule has 2 rings (SSSR count). The lowest BCUT2D eigenvalue weighted by molar-refractivity contribution is 0.469. The summed E-state index contributed by atoms with van der Waals surface area (Å²) in [5, 5.41) is 0. The number of benzene rings is 1. The minimum absolute atomic E-state index is 0.259. The Bertz CT molecular complexity index is 694. The first kappa shape index (κ1) is 15.7. The summed E-state index contributed by atoms with van der Waals surface area (Å²) in [5.74, 6) is 1.25. The van der Waals surface area contributed by atoms with Gasteiger partial charge in [-0.25, -0.2) is 9.71 Å². The van der Waals surface area contributed by atoms with Gasteiger partial charge in [0.05, 0.1) is 0 Å². The summed E-state index contributed by atoms with van der Waals surface area (Å²) in [6.07, 6.45) is 0.443. The number of rotatable bonds is 6. The summed E-state index contributed by atoms with van der Waals surface area (Å²) in [7, 11) is -0.453. The summed E-state index contributed by atoms with van der Waals surface area (Å²) in [6.45, 7) is 2.04. The van der Waals surface area contributed by atoms with Crippen LogP contribution in [-0.4, -0.2) is 38.3 Å². The van der Waals surface area contributed by atoms with E-state index < -0.39 is 10.2 Å². The summed E-state index contributed by atoms with van der Waals surface area (Å²) in [5.41, 5.74) is 1.72. The first-order chi connectivity index (χ1) is 9.90. The van der Waals surface area contributed by atoms with Crippen molar-refractivity contribution in [2.45, 2.75) is 13.3 Å². The largest absolute Gasteiger partial charge is 0.445 e. The Morgan fingerprint density at radius 1 is 1.24 bits per heavy atom. The van der Waals surface area contributed by atoms with Crippen molar-refractivity contribution in [3.05, 3.63) is 42.0 Å². The van der Waals surface area contributed by atoms with Crippen LogP contribution in [0.4, 0.5) is 0 Å². The van der Waals surface area contributed by atoms with Crippen LogP contribution < -0.4 is 4.72 Å². The summed E-state index contributed by atoms with van der Waals surface area (Å²) in [6, 6.07) is 9.69. The van der Waals surface area contributed by atoms with Crippen LogP contribution in [0.25, 0.3) is 11.3 Å². The number of hydrogen-bond acceptors (Lipinski definition) is 4. The molecule has 0 atom stereocenters. The third kappa shape index (κ3) is 3.90. The zero-order valence-electron chi connectivity index (χ0n) is 12.3. The number of aromatic nitrogens is 1. The molecule has 0 radical (unpaired) electrons. The molecule has 0 aliphatic rings. The first-order valence-electron chi connectivity index (χ1n) is 6.59. The van der Waals surface area contributed by atoms with Crippen molar-refractivity contribution in [2.24, 2.45) is 0 Å². The second-order valence-corrected chi connectivity index (χ2v) is 6.77. The van der Waals surface area contributed by atoms with Crippen molar-refractivity contribution in [3.63, 3.8) is 0 Å². The minimum atomic E-state index is -3.42. The molecule has 0 bridgehead atoms. The highest BCUT2D eigenvalue weighted by atomic mass is 32.2. The zero-order chi connectivity index (χ0) is 15.5. The molecule has 2 aromatic rings. The Morgan fingerprint density at radius 2 is 1.90 bits per heavy atom. The molecule has 0 unspecified atom stereocenters. The van der Waals surface area contributed by atoms with E-state index in [0.29, 0.717) is 18.1 Å². The van der Waals surface area contributed by atoms with Crippen molar-refractivity contribution in [2.75, 3.05) is 20.6 Å². The average Bonchev–Trinajstić information content (AvgIpc) is 2.80. The molecule has 1 heterocycles. The molecule has 7 heteroatoms. The highest BCUT2D eigenvalue weighted by molar-refractivity contribution is 7.87. The van der Waals surface area contributed by atoms with Crippen LogP contribution in [0.2, 0.25) is 0 Å². The SMILES string of the molecule is Cc1nc(-c2ccccc2)c(CCNS(=O)(=O)N(C)C)o1. The van der Waals surface area contributed by atoms with E-state index in [1.165, 1.54) is 14.1 Å². The van der Waals surface area contributed by atoms with Crippen molar-refractivity contribution in [3.8, 4) is 11.3 Å². The molecular weight excluding hydrogens is 290 g/mol. The highest BCUT2D eigenvalue weighted by Crippen LogP contribution is 2.23. The average molecular weight is 309 g/mol. The molecule has 0 saturated carbocycles. The molecule has 6 nitrogen and oxygen atoms in total. The van der Waals surface area contributed by atoms with Gasteiger partial charge in [0.2, 0.25) is 0 Å². The van der Waals surface area contributed by atoms with Crippen LogP contribution >= 0.6 is 0 Å². The van der Waals surface area contributed by atoms with Crippen molar-refractivity contribution in [1.29, 1.82) is 0 Å². The Kier molecular flexibility index (Phi) is 4.76. The van der Waals surface area contributed by atoms with Gasteiger partial charge >= 0.3 is 0 Å². The summed E-state index contributed by atoms with van der Waals surface area (Å²) < 4.78 is 32.5. The van der Waals surface area contributed by atoms with Gasteiger partial charge in [0.1, 0.15) is 11.5 Å². The van der Waals surface area contributed by atoms with E-state index in [4.69, 9.17) is 4.42 Å². The molecular formula is C14H19N3O3S. The molecule has 0 spiro atoms. The standard InChI is InChI=1S/C14H19N3O3S/c1-11-16-14(12-7-5-4-6-8-12)13(20-11)9-10-15-21(18,19)17(2)3/h4-8,15H,9-10H2,1-3H3. The molecule has 0 aliphatic heterocycles. The molecule has 0 amide bonds. The number of nitrogens with one attached hydrogen (secondary N) is 1. The van der Waals surface area contributed by atoms with Crippen molar-refractivity contribution >= 4 is 10.2 Å². The summed E-state index contributed by atoms with van der Waals surface area (Å²) in [4.78, 5) is 4.38. The fraction of sp³-hybridized carbons (Fsp3) is 0.357. The third-order valence-electron chi connectivity index (χ3n) is 2.97. The minimum Gasteiger partial charge on any atom is -0.445 e. The van der Waals surface area contributed by atoms with E-state index in [-0.39, 0.29) is 6.54 Å². The molecule has 1 aromatic heterocycles. The zero-order valence-corrected chi connectivity index (χ0v) is 13.1. The van der Waals surface area contributed by atoms with Crippen LogP contribution in [0, 0.1) is 6.92 Å². The Balaban J connectivity index is 2.12. The van der Waals surface area contributed by atoms with E-state index >= 15 is 0 Å². The second kappa shape index (κ2) is 6.38. The maximum Gasteiger partial charge on any atom is 0.278 e. The highest BCUT2D eigenvalue weighted by Gasteiger charge is 2.16. The smallest absolute Gasteiger partial charge is 0.278 e. The van der Waals surface area contributed by atoms with Crippen LogP contribution in [0.5, 0.6) is 0 Å². The normalized spacial score (nSPS) is 12.0. The lowest BCUT2D eigenvalue weighted by Gasteiger charge is -2.11. The van der Waals surface area contributed by atoms with Gasteiger partial charge < -0.3 is 4.42 Å². The second-order valence-electron chi connectivity index (χ2n) is 4.80. The van der Waals surface area contributed by atoms with Crippen LogP contribution in [0.1, 0.15) is 11.7 Å². The van der Waals surface area contributed by atoms with Gasteiger partial charge in [0.25, 0.3) is 10.2 Å². The van der Waals surface area contributed by atoms with Crippen molar-refractivity contribution < 1.29 is 12.8 Å². The molecule has 21 heavy (non-hydrogen) atoms. The number of hydrogen-bond donors (Lipinski definition) is 1. The maximum absolute atomic E-state index is 11.6. The van der Waals surface area contributed by atoms with Gasteiger partial charge in [-0.1, -0.05) is 30.3 Å². The number of oxazole rings is 1. The molecule has 1 N–H and O–H groups in total. The molecule has 0 saturated heterocycles. The van der Waals surface area contributed by atoms with E-state index in [1.54, 1.807) is 6.92 Å². The van der Waals surface area contributed by atoms with Gasteiger partial charge in [0.15, 0.2) is 5.89 Å². The topological polar surface area (TPSA) is 75.4 Å². The Labute approximate surface area is 125 Å². The van der Waals surface area contributed by atoms with Gasteiger partial charge in [-0.3, -0.25) is 0 Å². The lowest BCUT2D eigenvalue weighted by Crippen LogP contribution is -2.36. The maximum atomic E-state index is 11.6. The van der Waals surface area contributed by atoms with E-state index in [2.05, 4.69) is 9.71 Å². The molecule has 0 aliphatic carbocycles. The van der Waals surface area contributed by atoms with Gasteiger partial charge in [-0.2, -0.15) is 12.7 Å². The van der Waals surface area contributed by atoms with E-state index in [0.717, 1.165) is 15.6 Å². The van der Waals surface area contributed by atoms with Crippen LogP contribution in [-0.2, 0) is 16.6 Å². The predicted molar refractivity (Wildman–Crippen MR) is 81.0 cm³/mol. The van der Waals surface area contributed by atoms with Crippen LogP contribution in [0.15, 0.2) is 34.7 Å². The van der Waals surface area contributed by atoms with E-state index in [1.807, 2.05) is 30.3 Å². The third-order valence-corrected chi connectivity index (χ3v) is 4.50. The van der Waals surface area contributed by atoms with Gasteiger partial charge in [0, 0.05) is 39.5 Å². The van der Waals surface area contributed by atoms with Crippen LogP contribution in [0.3, 0.4) is 0 Å². The van der Waals surface area contributed by atoms with Gasteiger partial charge in [-0.15, -0.1) is 0 Å². The number of aryl methyl sites for hydroxylation is 1. The number of nitrogens with zero attached hydrogens (tertiary/aromatic N) is 2. The lowest BCUT2D eigenvalue weighted by atomic mass is 10.1. The Hall–Kier alpha value is -1.70. The quantitative estimate of drug-likeness (QED) is 0.879. The molecule has 1 aromatic carbocycles.